The Morgan fingerprint density at radius 1 is 1.31 bits per heavy atom. The van der Waals surface area contributed by atoms with Crippen molar-refractivity contribution in [2.75, 3.05) is 5.32 Å². The monoisotopic (exact) mass is 491 g/mol. The number of amides is 2. The summed E-state index contributed by atoms with van der Waals surface area (Å²) in [6.45, 7) is 5.17. The number of thiazole rings is 1. The van der Waals surface area contributed by atoms with E-state index in [0.29, 0.717) is 11.1 Å². The number of anilines is 1. The van der Waals surface area contributed by atoms with Crippen LogP contribution in [0.5, 0.6) is 5.75 Å². The summed E-state index contributed by atoms with van der Waals surface area (Å²) in [5.74, 6) is -0.306. The number of nitrogens with zero attached hydrogens (tertiary/aromatic N) is 2. The number of carbonyl (C=O) groups excluding carboxylic acids is 1. The average molecular weight is 492 g/mol. The number of urea groups is 1. The minimum atomic E-state index is -3.66. The molecule has 0 aliphatic rings. The molecular formula is C19H27F2N5O4S2. The molecule has 2 atom stereocenters. The van der Waals surface area contributed by atoms with Gasteiger partial charge < -0.3 is 20.9 Å². The van der Waals surface area contributed by atoms with Crippen molar-refractivity contribution < 1.29 is 27.6 Å². The van der Waals surface area contributed by atoms with Gasteiger partial charge in [0.25, 0.3) is 0 Å². The second-order valence-corrected chi connectivity index (χ2v) is 11.0. The lowest BCUT2D eigenvalue weighted by molar-refractivity contribution is -0.0499. The van der Waals surface area contributed by atoms with Gasteiger partial charge >= 0.3 is 12.6 Å². The minimum absolute atomic E-state index is 0.0157. The van der Waals surface area contributed by atoms with Crippen LogP contribution >= 0.6 is 11.3 Å². The maximum atomic E-state index is 12.9. The first kappa shape index (κ1) is 26.1. The normalized spacial score (nSPS) is 14.9. The SMILES string of the molecule is CC(C)c1cc(OC(F)F)cc(C(C)N)c1NC(=O)N=S(N)(=O)c1cnc(C(C)(C)O)s1. The molecule has 1 aromatic carbocycles. The molecule has 0 fully saturated rings. The second-order valence-electron chi connectivity index (χ2n) is 7.93. The maximum absolute atomic E-state index is 12.9. The Hall–Kier alpha value is -2.19. The number of hydrogen-bond donors (Lipinski definition) is 4. The van der Waals surface area contributed by atoms with Gasteiger partial charge in [0, 0.05) is 6.04 Å². The molecule has 2 unspecified atom stereocenters. The lowest BCUT2D eigenvalue weighted by Gasteiger charge is -2.21. The van der Waals surface area contributed by atoms with E-state index in [1.807, 2.05) is 0 Å². The van der Waals surface area contributed by atoms with Crippen LogP contribution in [0.2, 0.25) is 0 Å². The zero-order valence-corrected chi connectivity index (χ0v) is 19.9. The first-order chi connectivity index (χ1) is 14.6. The summed E-state index contributed by atoms with van der Waals surface area (Å²) in [5.41, 5.74) is 5.77. The van der Waals surface area contributed by atoms with Gasteiger partial charge in [0.2, 0.25) is 0 Å². The van der Waals surface area contributed by atoms with Crippen LogP contribution in [0.4, 0.5) is 19.3 Å². The van der Waals surface area contributed by atoms with Crippen molar-refractivity contribution in [2.24, 2.45) is 15.2 Å². The van der Waals surface area contributed by atoms with Gasteiger partial charge in [-0.1, -0.05) is 13.8 Å². The number of ether oxygens (including phenoxy) is 1. The molecule has 1 heterocycles. The number of aromatic nitrogens is 1. The van der Waals surface area contributed by atoms with Crippen molar-refractivity contribution in [3.05, 3.63) is 34.5 Å². The van der Waals surface area contributed by atoms with Crippen molar-refractivity contribution >= 4 is 33.0 Å². The molecule has 0 bridgehead atoms. The Balaban J connectivity index is 2.47. The molecule has 0 saturated carbocycles. The highest BCUT2D eigenvalue weighted by Gasteiger charge is 2.24. The third kappa shape index (κ3) is 6.42. The molecule has 0 aliphatic carbocycles. The van der Waals surface area contributed by atoms with Crippen molar-refractivity contribution in [2.45, 2.75) is 63.0 Å². The highest BCUT2D eigenvalue weighted by molar-refractivity contribution is 7.93. The number of carbonyl (C=O) groups is 1. The standard InChI is InChI=1S/C19H27F2N5O4S2/c1-9(2)12-6-11(30-17(20)21)7-13(10(3)22)15(12)25-18(27)26-32(23,29)14-8-24-16(31-14)19(4,5)28/h6-10,17,28H,22H2,1-5H3,(H3,23,25,26,27,29). The Bertz CT molecular complexity index is 1070. The van der Waals surface area contributed by atoms with E-state index in [9.17, 15) is 22.9 Å². The fraction of sp³-hybridized carbons (Fsp3) is 0.474. The van der Waals surface area contributed by atoms with Crippen LogP contribution in [-0.4, -0.2) is 26.9 Å². The van der Waals surface area contributed by atoms with Gasteiger partial charge in [0.15, 0.2) is 9.92 Å². The zero-order chi connectivity index (χ0) is 24.4. The van der Waals surface area contributed by atoms with E-state index in [1.54, 1.807) is 20.8 Å². The first-order valence-electron chi connectivity index (χ1n) is 9.54. The molecule has 2 amide bonds. The molecular weight excluding hydrogens is 464 g/mol. The van der Waals surface area contributed by atoms with Crippen LogP contribution in [0.25, 0.3) is 0 Å². The van der Waals surface area contributed by atoms with E-state index in [4.69, 9.17) is 10.9 Å². The largest absolute Gasteiger partial charge is 0.435 e. The van der Waals surface area contributed by atoms with E-state index < -0.39 is 34.2 Å². The van der Waals surface area contributed by atoms with Crippen molar-refractivity contribution in [3.8, 4) is 5.75 Å². The number of hydrogen-bond acceptors (Lipinski definition) is 7. The summed E-state index contributed by atoms with van der Waals surface area (Å²) in [4.78, 5) is 16.6. The van der Waals surface area contributed by atoms with Crippen LogP contribution in [0.1, 0.15) is 62.7 Å². The molecule has 6 N–H and O–H groups in total. The number of alkyl halides is 2. The number of aliphatic hydroxyl groups is 1. The lowest BCUT2D eigenvalue weighted by atomic mass is 9.94. The molecule has 0 aliphatic heterocycles. The molecule has 178 valence electrons. The molecule has 0 spiro atoms. The lowest BCUT2D eigenvalue weighted by Crippen LogP contribution is -2.20. The predicted molar refractivity (Wildman–Crippen MR) is 119 cm³/mol. The molecule has 13 heteroatoms. The zero-order valence-electron chi connectivity index (χ0n) is 18.3. The minimum Gasteiger partial charge on any atom is -0.435 e. The summed E-state index contributed by atoms with van der Waals surface area (Å²) in [5, 5.41) is 18.6. The average Bonchev–Trinajstić information content (AvgIpc) is 3.12. The topological polar surface area (TPSA) is 153 Å². The quantitative estimate of drug-likeness (QED) is 0.458. The Labute approximate surface area is 189 Å². The number of nitrogens with two attached hydrogens (primary N) is 2. The van der Waals surface area contributed by atoms with E-state index in [2.05, 4.69) is 19.4 Å². The number of rotatable bonds is 7. The van der Waals surface area contributed by atoms with Gasteiger partial charge in [-0.3, -0.25) is 0 Å². The highest BCUT2D eigenvalue weighted by Crippen LogP contribution is 2.36. The fourth-order valence-electron chi connectivity index (χ4n) is 2.76. The Morgan fingerprint density at radius 2 is 1.91 bits per heavy atom. The number of halogens is 2. The first-order valence-corrected chi connectivity index (χ1v) is 11.9. The third-order valence-electron chi connectivity index (χ3n) is 4.26. The maximum Gasteiger partial charge on any atom is 0.387 e. The van der Waals surface area contributed by atoms with Crippen LogP contribution in [0.3, 0.4) is 0 Å². The number of nitrogens with one attached hydrogen (secondary N) is 1. The molecule has 0 radical (unpaired) electrons. The number of benzene rings is 1. The highest BCUT2D eigenvalue weighted by atomic mass is 32.2. The van der Waals surface area contributed by atoms with Gasteiger partial charge in [0.05, 0.1) is 11.9 Å². The summed E-state index contributed by atoms with van der Waals surface area (Å²) >= 11 is 0.876. The van der Waals surface area contributed by atoms with Crippen LogP contribution < -0.4 is 20.9 Å². The van der Waals surface area contributed by atoms with Crippen molar-refractivity contribution in [3.63, 3.8) is 0 Å². The molecule has 32 heavy (non-hydrogen) atoms. The predicted octanol–water partition coefficient (Wildman–Crippen LogP) is 4.05. The van der Waals surface area contributed by atoms with E-state index in [0.717, 1.165) is 11.3 Å². The van der Waals surface area contributed by atoms with E-state index in [1.165, 1.54) is 32.2 Å². The van der Waals surface area contributed by atoms with Crippen LogP contribution in [0, 0.1) is 0 Å². The molecule has 0 saturated heterocycles. The molecule has 1 aromatic heterocycles. The van der Waals surface area contributed by atoms with Crippen molar-refractivity contribution in [1.82, 2.24) is 4.98 Å². The van der Waals surface area contributed by atoms with Gasteiger partial charge in [-0.15, -0.1) is 15.7 Å². The summed E-state index contributed by atoms with van der Waals surface area (Å²) in [7, 11) is -3.66. The summed E-state index contributed by atoms with van der Waals surface area (Å²) in [6.07, 6.45) is 1.19. The molecule has 2 rings (SSSR count). The van der Waals surface area contributed by atoms with E-state index >= 15 is 0 Å². The Kier molecular flexibility index (Phi) is 7.94. The fourth-order valence-corrected chi connectivity index (χ4v) is 4.83. The van der Waals surface area contributed by atoms with Gasteiger partial charge in [0.1, 0.15) is 20.6 Å². The smallest absolute Gasteiger partial charge is 0.387 e. The van der Waals surface area contributed by atoms with Crippen LogP contribution in [0.15, 0.2) is 26.9 Å². The summed E-state index contributed by atoms with van der Waals surface area (Å²) < 4.78 is 46.4. The third-order valence-corrected chi connectivity index (χ3v) is 7.45. The molecule has 9 nitrogen and oxygen atoms in total. The van der Waals surface area contributed by atoms with Gasteiger partial charge in [-0.25, -0.2) is 19.1 Å². The van der Waals surface area contributed by atoms with Gasteiger partial charge in [-0.2, -0.15) is 8.78 Å². The van der Waals surface area contributed by atoms with Crippen molar-refractivity contribution in [1.29, 1.82) is 0 Å². The van der Waals surface area contributed by atoms with Crippen LogP contribution in [-0.2, 0) is 15.5 Å². The Morgan fingerprint density at radius 3 is 2.38 bits per heavy atom. The van der Waals surface area contributed by atoms with E-state index in [-0.39, 0.29) is 26.6 Å². The second kappa shape index (κ2) is 9.75. The summed E-state index contributed by atoms with van der Waals surface area (Å²) in [6, 6.07) is 1.01. The molecule has 2 aromatic rings. The van der Waals surface area contributed by atoms with Gasteiger partial charge in [-0.05, 0) is 49.9 Å².